The summed E-state index contributed by atoms with van der Waals surface area (Å²) in [6, 6.07) is 0. The molecule has 146 valence electrons. The average molecular weight is 452 g/mol. The molecule has 2 fully saturated rings. The monoisotopic (exact) mass is 453 g/mol. The molecule has 25 heavy (non-hydrogen) atoms. The van der Waals surface area contributed by atoms with Gasteiger partial charge in [0.15, 0.2) is 0 Å². The van der Waals surface area contributed by atoms with Crippen LogP contribution in [0.15, 0.2) is 0 Å². The van der Waals surface area contributed by atoms with E-state index in [1.165, 1.54) is 6.92 Å². The molecule has 0 aromatic rings. The Kier molecular flexibility index (Phi) is 5.10. The summed E-state index contributed by atoms with van der Waals surface area (Å²) in [5, 5.41) is 13.9. The van der Waals surface area contributed by atoms with E-state index < -0.39 is 52.2 Å². The van der Waals surface area contributed by atoms with Crippen molar-refractivity contribution in [2.24, 2.45) is 16.7 Å². The van der Waals surface area contributed by atoms with Crippen LogP contribution in [0.4, 0.5) is 13.2 Å². The Bertz CT molecular complexity index is 668. The molecular formula is C14H22F3NO5SSe. The Balaban J connectivity index is 2.33. The van der Waals surface area contributed by atoms with E-state index in [0.29, 0.717) is 12.8 Å². The van der Waals surface area contributed by atoms with E-state index in [0.717, 1.165) is 0 Å². The third-order valence-electron chi connectivity index (χ3n) is 6.22. The molecule has 11 heteroatoms. The van der Waals surface area contributed by atoms with Crippen molar-refractivity contribution in [1.29, 1.82) is 0 Å². The first-order chi connectivity index (χ1) is 11.1. The van der Waals surface area contributed by atoms with Crippen molar-refractivity contribution in [1.82, 2.24) is 5.32 Å². The van der Waals surface area contributed by atoms with Gasteiger partial charge < -0.3 is 0 Å². The van der Waals surface area contributed by atoms with Gasteiger partial charge in [0.05, 0.1) is 0 Å². The van der Waals surface area contributed by atoms with Gasteiger partial charge in [-0.25, -0.2) is 0 Å². The standard InChI is InChI=1S/C14H22F3NO5SSe/c1-8(19)18-7-13(20)10(25-23-24(21,22)14(15,16)17)9-5-6-12(13,4)11(9,2)3/h9-10,20H,5-7H2,1-4H3,(H,18,19)/t9-,10+,12-,13-/m1/s1. The molecule has 0 heterocycles. The fourth-order valence-electron chi connectivity index (χ4n) is 4.32. The van der Waals surface area contributed by atoms with Gasteiger partial charge in [-0.3, -0.25) is 0 Å². The number of aliphatic hydroxyl groups is 1. The molecule has 2 aliphatic rings. The number of carbonyl (C=O) groups excluding carboxylic acids is 1. The predicted molar refractivity (Wildman–Crippen MR) is 83.8 cm³/mol. The molecular weight excluding hydrogens is 430 g/mol. The molecule has 2 rings (SSSR count). The van der Waals surface area contributed by atoms with Crippen LogP contribution in [0.2, 0.25) is 4.82 Å². The molecule has 0 radical (unpaired) electrons. The van der Waals surface area contributed by atoms with Crippen molar-refractivity contribution in [2.75, 3.05) is 6.54 Å². The van der Waals surface area contributed by atoms with E-state index in [9.17, 15) is 31.5 Å². The van der Waals surface area contributed by atoms with Crippen LogP contribution in [0.3, 0.4) is 0 Å². The second-order valence-electron chi connectivity index (χ2n) is 7.52. The Morgan fingerprint density at radius 2 is 1.92 bits per heavy atom. The fourth-order valence-corrected chi connectivity index (χ4v) is 8.59. The number of hydrogen-bond acceptors (Lipinski definition) is 5. The second kappa shape index (κ2) is 6.09. The van der Waals surface area contributed by atoms with Crippen molar-refractivity contribution in [3.63, 3.8) is 0 Å². The van der Waals surface area contributed by atoms with E-state index in [4.69, 9.17) is 0 Å². The Labute approximate surface area is 151 Å². The third kappa shape index (κ3) is 3.01. The first-order valence-electron chi connectivity index (χ1n) is 7.73. The summed E-state index contributed by atoms with van der Waals surface area (Å²) in [5.41, 5.74) is -8.14. The predicted octanol–water partition coefficient (Wildman–Crippen LogP) is 1.58. The van der Waals surface area contributed by atoms with Crippen molar-refractivity contribution in [3.05, 3.63) is 0 Å². The van der Waals surface area contributed by atoms with Gasteiger partial charge in [-0.15, -0.1) is 0 Å². The Morgan fingerprint density at radius 1 is 1.36 bits per heavy atom. The van der Waals surface area contributed by atoms with E-state index in [1.54, 1.807) is 0 Å². The molecule has 0 aliphatic heterocycles. The summed E-state index contributed by atoms with van der Waals surface area (Å²) in [4.78, 5) is 10.5. The molecule has 2 N–H and O–H groups in total. The molecule has 1 amide bonds. The van der Waals surface area contributed by atoms with Crippen LogP contribution in [-0.4, -0.2) is 52.4 Å². The Hall–Kier alpha value is -0.351. The van der Waals surface area contributed by atoms with Gasteiger partial charge >= 0.3 is 151 Å². The molecule has 0 unspecified atom stereocenters. The van der Waals surface area contributed by atoms with E-state index in [-0.39, 0.29) is 18.4 Å². The summed E-state index contributed by atoms with van der Waals surface area (Å²) in [5.74, 6) is -0.577. The molecule has 6 nitrogen and oxygen atoms in total. The number of fused-ring (bicyclic) bond motifs is 2. The number of carbonyl (C=O) groups is 1. The van der Waals surface area contributed by atoms with E-state index >= 15 is 0 Å². The van der Waals surface area contributed by atoms with E-state index in [1.807, 2.05) is 20.8 Å². The first kappa shape index (κ1) is 21.0. The topological polar surface area (TPSA) is 92.7 Å². The normalized spacial score (nSPS) is 37.3. The molecule has 0 aromatic heterocycles. The SMILES string of the molecule is CC(=O)NC[C@@]1(O)[C@@H]([Se]OS(=O)(=O)C(F)(F)F)[C@H]2CC[C@]1(C)C2(C)C. The molecule has 4 atom stereocenters. The molecule has 2 aliphatic carbocycles. The van der Waals surface area contributed by atoms with Crippen molar-refractivity contribution in [2.45, 2.75) is 56.5 Å². The van der Waals surface area contributed by atoms with Crippen LogP contribution in [0.25, 0.3) is 0 Å². The average Bonchev–Trinajstić information content (AvgIpc) is 2.74. The van der Waals surface area contributed by atoms with Gasteiger partial charge in [0.25, 0.3) is 0 Å². The number of hydrogen-bond donors (Lipinski definition) is 2. The van der Waals surface area contributed by atoms with Crippen molar-refractivity contribution < 1.29 is 34.8 Å². The summed E-state index contributed by atoms with van der Waals surface area (Å²) in [7, 11) is -5.71. The fraction of sp³-hybridized carbons (Fsp3) is 0.929. The summed E-state index contributed by atoms with van der Waals surface area (Å²) in [6.07, 6.45) is 1.30. The summed E-state index contributed by atoms with van der Waals surface area (Å²) >= 11 is -1.46. The van der Waals surface area contributed by atoms with Gasteiger partial charge in [0.2, 0.25) is 0 Å². The molecule has 0 aromatic carbocycles. The van der Waals surface area contributed by atoms with Crippen LogP contribution < -0.4 is 5.32 Å². The zero-order valence-electron chi connectivity index (χ0n) is 14.3. The van der Waals surface area contributed by atoms with Gasteiger partial charge in [-0.05, 0) is 0 Å². The molecule has 0 saturated heterocycles. The second-order valence-corrected chi connectivity index (χ2v) is 11.4. The first-order valence-corrected chi connectivity index (χ1v) is 10.8. The van der Waals surface area contributed by atoms with Gasteiger partial charge in [-0.2, -0.15) is 0 Å². The van der Waals surface area contributed by atoms with Crippen LogP contribution in [0, 0.1) is 16.7 Å². The number of rotatable bonds is 5. The van der Waals surface area contributed by atoms with Gasteiger partial charge in [0, 0.05) is 0 Å². The van der Waals surface area contributed by atoms with Crippen LogP contribution in [0.5, 0.6) is 0 Å². The maximum atomic E-state index is 12.5. The molecule has 2 saturated carbocycles. The quantitative estimate of drug-likeness (QED) is 0.488. The number of halogens is 3. The Morgan fingerprint density at radius 3 is 2.40 bits per heavy atom. The minimum absolute atomic E-state index is 0.152. The van der Waals surface area contributed by atoms with E-state index in [2.05, 4.69) is 8.58 Å². The molecule has 2 bridgehead atoms. The minimum atomic E-state index is -5.71. The van der Waals surface area contributed by atoms with Crippen LogP contribution in [0.1, 0.15) is 40.5 Å². The zero-order valence-corrected chi connectivity index (χ0v) is 16.8. The number of amides is 1. The van der Waals surface area contributed by atoms with Gasteiger partial charge in [-0.1, -0.05) is 0 Å². The summed E-state index contributed by atoms with van der Waals surface area (Å²) < 4.78 is 64.4. The summed E-state index contributed by atoms with van der Waals surface area (Å²) in [6.45, 7) is 6.79. The zero-order chi connectivity index (χ0) is 19.5. The van der Waals surface area contributed by atoms with Gasteiger partial charge in [0.1, 0.15) is 0 Å². The third-order valence-corrected chi connectivity index (χ3v) is 10.6. The van der Waals surface area contributed by atoms with Crippen LogP contribution >= 0.6 is 0 Å². The maximum absolute atomic E-state index is 12.5. The number of alkyl halides is 3. The molecule has 0 spiro atoms. The van der Waals surface area contributed by atoms with Crippen molar-refractivity contribution >= 4 is 31.3 Å². The van der Waals surface area contributed by atoms with Crippen LogP contribution in [-0.2, 0) is 18.2 Å². The number of nitrogens with one attached hydrogen (secondary N) is 1. The van der Waals surface area contributed by atoms with Crippen molar-refractivity contribution in [3.8, 4) is 0 Å².